The lowest BCUT2D eigenvalue weighted by molar-refractivity contribution is 0.268. The molecule has 0 aromatic heterocycles. The molecule has 1 fully saturated rings. The van der Waals surface area contributed by atoms with Gasteiger partial charge in [-0.3, -0.25) is 0 Å². The van der Waals surface area contributed by atoms with Crippen molar-refractivity contribution in [3.63, 3.8) is 0 Å². The summed E-state index contributed by atoms with van der Waals surface area (Å²) in [5.74, 6) is 0.646. The third-order valence-electron chi connectivity index (χ3n) is 4.24. The maximum Gasteiger partial charge on any atom is 0.123 e. The van der Waals surface area contributed by atoms with Crippen LogP contribution in [0.4, 0.5) is 4.39 Å². The van der Waals surface area contributed by atoms with E-state index in [1.54, 1.807) is 12.1 Å². The Morgan fingerprint density at radius 1 is 1.06 bits per heavy atom. The standard InChI is InChI=1S/C16H24FN/c1-12(14-6-4-3-5-7-14)18-13(2)15-8-10-16(17)11-9-15/h8-14,18H,3-7H2,1-2H3/t12-,13?/m1/s1. The minimum Gasteiger partial charge on any atom is -0.307 e. The maximum absolute atomic E-state index is 12.9. The molecule has 0 radical (unpaired) electrons. The van der Waals surface area contributed by atoms with Crippen LogP contribution >= 0.6 is 0 Å². The Kier molecular flexibility index (Phi) is 4.76. The van der Waals surface area contributed by atoms with E-state index >= 15 is 0 Å². The van der Waals surface area contributed by atoms with Crippen molar-refractivity contribution in [3.8, 4) is 0 Å². The molecule has 0 aliphatic heterocycles. The second-order valence-electron chi connectivity index (χ2n) is 5.63. The molecular formula is C16H24FN. The van der Waals surface area contributed by atoms with Crippen molar-refractivity contribution in [1.82, 2.24) is 5.32 Å². The lowest BCUT2D eigenvalue weighted by Crippen LogP contribution is -2.36. The largest absolute Gasteiger partial charge is 0.307 e. The lowest BCUT2D eigenvalue weighted by atomic mass is 9.84. The zero-order valence-corrected chi connectivity index (χ0v) is 11.5. The van der Waals surface area contributed by atoms with Gasteiger partial charge in [-0.25, -0.2) is 4.39 Å². The van der Waals surface area contributed by atoms with Crippen LogP contribution in [0.3, 0.4) is 0 Å². The maximum atomic E-state index is 12.9. The highest BCUT2D eigenvalue weighted by Crippen LogP contribution is 2.27. The van der Waals surface area contributed by atoms with Crippen molar-refractivity contribution in [3.05, 3.63) is 35.6 Å². The van der Waals surface area contributed by atoms with E-state index in [9.17, 15) is 4.39 Å². The van der Waals surface area contributed by atoms with Gasteiger partial charge in [0.25, 0.3) is 0 Å². The number of nitrogens with one attached hydrogen (secondary N) is 1. The summed E-state index contributed by atoms with van der Waals surface area (Å²) in [4.78, 5) is 0. The highest BCUT2D eigenvalue weighted by atomic mass is 19.1. The van der Waals surface area contributed by atoms with Crippen LogP contribution in [0.15, 0.2) is 24.3 Å². The summed E-state index contributed by atoms with van der Waals surface area (Å²) in [6.45, 7) is 4.45. The van der Waals surface area contributed by atoms with Gasteiger partial charge in [0, 0.05) is 12.1 Å². The van der Waals surface area contributed by atoms with E-state index in [1.165, 1.54) is 37.7 Å². The molecule has 1 aliphatic rings. The van der Waals surface area contributed by atoms with Gasteiger partial charge >= 0.3 is 0 Å². The molecule has 1 aliphatic carbocycles. The van der Waals surface area contributed by atoms with Crippen LogP contribution in [0.2, 0.25) is 0 Å². The summed E-state index contributed by atoms with van der Waals surface area (Å²) >= 11 is 0. The molecule has 0 spiro atoms. The number of rotatable bonds is 4. The van der Waals surface area contributed by atoms with Crippen molar-refractivity contribution in [2.75, 3.05) is 0 Å². The van der Waals surface area contributed by atoms with Crippen LogP contribution in [0.5, 0.6) is 0 Å². The molecule has 0 bridgehead atoms. The molecule has 2 heteroatoms. The van der Waals surface area contributed by atoms with E-state index in [1.807, 2.05) is 12.1 Å². The van der Waals surface area contributed by atoms with E-state index in [0.29, 0.717) is 12.1 Å². The molecule has 1 saturated carbocycles. The van der Waals surface area contributed by atoms with E-state index in [0.717, 1.165) is 5.92 Å². The molecule has 1 aromatic rings. The smallest absolute Gasteiger partial charge is 0.123 e. The molecule has 0 saturated heterocycles. The van der Waals surface area contributed by atoms with Crippen LogP contribution in [0.25, 0.3) is 0 Å². The van der Waals surface area contributed by atoms with Crippen LogP contribution in [0, 0.1) is 11.7 Å². The monoisotopic (exact) mass is 249 g/mol. The molecular weight excluding hydrogens is 225 g/mol. The fourth-order valence-electron chi connectivity index (χ4n) is 3.01. The summed E-state index contributed by atoms with van der Waals surface area (Å²) in [6.07, 6.45) is 6.86. The van der Waals surface area contributed by atoms with Crippen molar-refractivity contribution >= 4 is 0 Å². The number of benzene rings is 1. The van der Waals surface area contributed by atoms with Gasteiger partial charge < -0.3 is 5.32 Å². The van der Waals surface area contributed by atoms with Gasteiger partial charge in [0.2, 0.25) is 0 Å². The Morgan fingerprint density at radius 2 is 1.67 bits per heavy atom. The number of hydrogen-bond donors (Lipinski definition) is 1. The average molecular weight is 249 g/mol. The zero-order chi connectivity index (χ0) is 13.0. The minimum atomic E-state index is -0.161. The fraction of sp³-hybridized carbons (Fsp3) is 0.625. The predicted octanol–water partition coefficient (Wildman–Crippen LogP) is 4.45. The summed E-state index contributed by atoms with van der Waals surface area (Å²) < 4.78 is 12.9. The van der Waals surface area contributed by atoms with Crippen LogP contribution < -0.4 is 5.32 Å². The molecule has 1 aromatic carbocycles. The normalized spacial score (nSPS) is 20.6. The van der Waals surface area contributed by atoms with E-state index < -0.39 is 0 Å². The van der Waals surface area contributed by atoms with Crippen molar-refractivity contribution in [2.45, 2.75) is 58.0 Å². The first kappa shape index (κ1) is 13.5. The summed E-state index contributed by atoms with van der Waals surface area (Å²) in [6, 6.07) is 7.67. The average Bonchev–Trinajstić information content (AvgIpc) is 2.40. The number of hydrogen-bond acceptors (Lipinski definition) is 1. The summed E-state index contributed by atoms with van der Waals surface area (Å²) in [5, 5.41) is 3.66. The molecule has 0 heterocycles. The van der Waals surface area contributed by atoms with Gasteiger partial charge in [0.15, 0.2) is 0 Å². The van der Waals surface area contributed by atoms with Crippen molar-refractivity contribution in [2.24, 2.45) is 5.92 Å². The topological polar surface area (TPSA) is 12.0 Å². The summed E-state index contributed by atoms with van der Waals surface area (Å²) in [7, 11) is 0. The first-order chi connectivity index (χ1) is 8.66. The first-order valence-corrected chi connectivity index (χ1v) is 7.18. The van der Waals surface area contributed by atoms with Gasteiger partial charge in [-0.1, -0.05) is 31.4 Å². The van der Waals surface area contributed by atoms with Gasteiger partial charge in [-0.15, -0.1) is 0 Å². The highest BCUT2D eigenvalue weighted by Gasteiger charge is 2.21. The Morgan fingerprint density at radius 3 is 2.28 bits per heavy atom. The molecule has 100 valence electrons. The van der Waals surface area contributed by atoms with Crippen molar-refractivity contribution in [1.29, 1.82) is 0 Å². The molecule has 1 unspecified atom stereocenters. The van der Waals surface area contributed by atoms with E-state index in [2.05, 4.69) is 19.2 Å². The molecule has 2 rings (SSSR count). The third-order valence-corrected chi connectivity index (χ3v) is 4.24. The van der Waals surface area contributed by atoms with Crippen molar-refractivity contribution < 1.29 is 4.39 Å². The quantitative estimate of drug-likeness (QED) is 0.831. The Balaban J connectivity index is 1.89. The summed E-state index contributed by atoms with van der Waals surface area (Å²) in [5.41, 5.74) is 1.17. The molecule has 0 amide bonds. The van der Waals surface area contributed by atoms with Gasteiger partial charge in [0.1, 0.15) is 5.82 Å². The van der Waals surface area contributed by atoms with E-state index in [-0.39, 0.29) is 5.82 Å². The fourth-order valence-corrected chi connectivity index (χ4v) is 3.01. The van der Waals surface area contributed by atoms with Crippen LogP contribution in [0.1, 0.15) is 57.6 Å². The van der Waals surface area contributed by atoms with Crippen LogP contribution in [-0.2, 0) is 0 Å². The third kappa shape index (κ3) is 3.55. The van der Waals surface area contributed by atoms with Gasteiger partial charge in [0.05, 0.1) is 0 Å². The SMILES string of the molecule is CC(N[C@H](C)C1CCCCC1)c1ccc(F)cc1. The van der Waals surface area contributed by atoms with E-state index in [4.69, 9.17) is 0 Å². The molecule has 18 heavy (non-hydrogen) atoms. The van der Waals surface area contributed by atoms with Gasteiger partial charge in [-0.05, 0) is 50.3 Å². The highest BCUT2D eigenvalue weighted by molar-refractivity contribution is 5.19. The zero-order valence-electron chi connectivity index (χ0n) is 11.5. The second kappa shape index (κ2) is 6.33. The Bertz CT molecular complexity index is 354. The second-order valence-corrected chi connectivity index (χ2v) is 5.63. The predicted molar refractivity (Wildman–Crippen MR) is 74.0 cm³/mol. The minimum absolute atomic E-state index is 0.161. The number of halogens is 1. The molecule has 1 nitrogen and oxygen atoms in total. The molecule has 1 N–H and O–H groups in total. The Hall–Kier alpha value is -0.890. The molecule has 2 atom stereocenters. The van der Waals surface area contributed by atoms with Crippen LogP contribution in [-0.4, -0.2) is 6.04 Å². The Labute approximate surface area is 110 Å². The lowest BCUT2D eigenvalue weighted by Gasteiger charge is -2.30. The first-order valence-electron chi connectivity index (χ1n) is 7.18. The van der Waals surface area contributed by atoms with Gasteiger partial charge in [-0.2, -0.15) is 0 Å².